The molecule has 0 saturated carbocycles. The van der Waals surface area contributed by atoms with Crippen LogP contribution in [0.1, 0.15) is 87.0 Å². The zero-order chi connectivity index (χ0) is 29.5. The lowest BCUT2D eigenvalue weighted by Crippen LogP contribution is -2.38. The average molecular weight is 567 g/mol. The molecule has 0 aliphatic carbocycles. The van der Waals surface area contributed by atoms with Crippen LogP contribution in [0.2, 0.25) is 0 Å². The van der Waals surface area contributed by atoms with E-state index in [1.165, 1.54) is 12.7 Å². The Hall–Kier alpha value is -1.38. The van der Waals surface area contributed by atoms with Crippen LogP contribution in [0.25, 0.3) is 0 Å². The summed E-state index contributed by atoms with van der Waals surface area (Å²) in [4.78, 5) is 10.9. The fraction of sp³-hybridized carbons (Fsp3) is 0.719. The number of hydrogen-bond acceptors (Lipinski definition) is 7. The van der Waals surface area contributed by atoms with Crippen LogP contribution >= 0.6 is 12.9 Å². The van der Waals surface area contributed by atoms with E-state index >= 15 is 0 Å². The molecule has 0 spiro atoms. The van der Waals surface area contributed by atoms with E-state index in [0.717, 1.165) is 37.7 Å². The van der Waals surface area contributed by atoms with Crippen molar-refractivity contribution in [3.05, 3.63) is 47.3 Å². The smallest absolute Gasteiger partial charge is 0.184 e. The van der Waals surface area contributed by atoms with Crippen molar-refractivity contribution in [1.82, 2.24) is 0 Å². The van der Waals surface area contributed by atoms with Gasteiger partial charge >= 0.3 is 0 Å². The van der Waals surface area contributed by atoms with Gasteiger partial charge in [-0.3, -0.25) is 4.79 Å². The second-order valence-electron chi connectivity index (χ2n) is 11.9. The number of thiol groups is 1. The third kappa shape index (κ3) is 13.7. The maximum absolute atomic E-state index is 10.9. The molecule has 224 valence electrons. The first-order valence-electron chi connectivity index (χ1n) is 14.4. The molecule has 7 unspecified atom stereocenters. The van der Waals surface area contributed by atoms with E-state index in [2.05, 4.69) is 65.8 Å². The molecular weight excluding hydrogens is 512 g/mol. The molecule has 2 N–H and O–H groups in total. The molecule has 1 heterocycles. The van der Waals surface area contributed by atoms with Gasteiger partial charge in [0.1, 0.15) is 0 Å². The number of aldehydes is 1. The molecule has 1 saturated heterocycles. The van der Waals surface area contributed by atoms with Gasteiger partial charge in [-0.05, 0) is 89.1 Å². The monoisotopic (exact) mass is 566 g/mol. The number of methoxy groups -OCH3 is 1. The van der Waals surface area contributed by atoms with E-state index in [1.54, 1.807) is 6.08 Å². The molecular formula is C32H54O6S. The van der Waals surface area contributed by atoms with Gasteiger partial charge in [-0.15, -0.1) is 0 Å². The molecule has 7 heteroatoms. The van der Waals surface area contributed by atoms with E-state index in [-0.39, 0.29) is 42.0 Å². The van der Waals surface area contributed by atoms with Gasteiger partial charge in [0.05, 0.1) is 37.6 Å². The third-order valence-electron chi connectivity index (χ3n) is 7.76. The highest BCUT2D eigenvalue weighted by atomic mass is 32.1. The first-order valence-corrected chi connectivity index (χ1v) is 14.8. The minimum Gasteiger partial charge on any atom is -0.493 e. The molecule has 0 aromatic heterocycles. The Kier molecular flexibility index (Phi) is 17.2. The molecule has 8 atom stereocenters. The zero-order valence-electron chi connectivity index (χ0n) is 25.4. The molecule has 1 aliphatic rings. The van der Waals surface area contributed by atoms with Crippen LogP contribution in [0.15, 0.2) is 47.3 Å². The summed E-state index contributed by atoms with van der Waals surface area (Å²) < 4.78 is 16.7. The van der Waals surface area contributed by atoms with Crippen LogP contribution in [0.4, 0.5) is 0 Å². The lowest BCUT2D eigenvalue weighted by Gasteiger charge is -2.36. The first-order chi connectivity index (χ1) is 18.4. The van der Waals surface area contributed by atoms with Gasteiger partial charge < -0.3 is 23.9 Å². The maximum atomic E-state index is 10.9. The largest absolute Gasteiger partial charge is 0.493 e. The number of ether oxygens (including phenoxy) is 2. The molecule has 1 fully saturated rings. The molecule has 1 aliphatic heterocycles. The van der Waals surface area contributed by atoms with E-state index in [9.17, 15) is 15.0 Å². The van der Waals surface area contributed by atoms with Crippen molar-refractivity contribution in [2.24, 2.45) is 23.7 Å². The summed E-state index contributed by atoms with van der Waals surface area (Å²) in [6, 6.07) is 0. The van der Waals surface area contributed by atoms with Crippen molar-refractivity contribution in [2.75, 3.05) is 7.11 Å². The Bertz CT molecular complexity index is 833. The van der Waals surface area contributed by atoms with Crippen molar-refractivity contribution in [3.63, 3.8) is 0 Å². The SMILES string of the molecule is CO/C(C=O)=C\C(C)=C\C(C)C(O)[C@@H](C)C/C(C)=C/C=C/CC(OS)C(C)CCC1CC(O)CC(C(C)C)O1. The lowest BCUT2D eigenvalue weighted by atomic mass is 9.87. The Morgan fingerprint density at radius 1 is 1.13 bits per heavy atom. The van der Waals surface area contributed by atoms with E-state index in [0.29, 0.717) is 24.5 Å². The number of rotatable bonds is 17. The van der Waals surface area contributed by atoms with Crippen LogP contribution in [0, 0.1) is 23.7 Å². The maximum Gasteiger partial charge on any atom is 0.184 e. The first kappa shape index (κ1) is 35.6. The average Bonchev–Trinajstić information content (AvgIpc) is 2.89. The van der Waals surface area contributed by atoms with Crippen LogP contribution in [-0.4, -0.2) is 54.1 Å². The van der Waals surface area contributed by atoms with Gasteiger partial charge in [0, 0.05) is 5.92 Å². The van der Waals surface area contributed by atoms with Crippen molar-refractivity contribution in [2.45, 2.75) is 118 Å². The lowest BCUT2D eigenvalue weighted by molar-refractivity contribution is -0.116. The van der Waals surface area contributed by atoms with Crippen molar-refractivity contribution >= 4 is 19.2 Å². The number of carbonyl (C=O) groups is 1. The van der Waals surface area contributed by atoms with Crippen LogP contribution in [0.5, 0.6) is 0 Å². The van der Waals surface area contributed by atoms with Gasteiger partial charge in [-0.1, -0.05) is 70.1 Å². The number of hydrogen-bond donors (Lipinski definition) is 3. The van der Waals surface area contributed by atoms with E-state index in [1.807, 2.05) is 19.9 Å². The second kappa shape index (κ2) is 18.9. The Morgan fingerprint density at radius 2 is 1.82 bits per heavy atom. The van der Waals surface area contributed by atoms with Gasteiger partial charge in [0.25, 0.3) is 0 Å². The third-order valence-corrected chi connectivity index (χ3v) is 8.03. The molecule has 0 aromatic rings. The number of aliphatic hydroxyl groups is 2. The summed E-state index contributed by atoms with van der Waals surface area (Å²) in [5.41, 5.74) is 2.07. The molecule has 1 rings (SSSR count). The predicted molar refractivity (Wildman–Crippen MR) is 162 cm³/mol. The minimum absolute atomic E-state index is 0.00351. The topological polar surface area (TPSA) is 85.2 Å². The standard InChI is InChI=1S/C32H54O6S/c1-21(2)31-19-27(34)18-28(37-31)14-13-24(5)30(38-39)12-10-9-11-22(3)15-25(6)32(35)26(7)16-23(4)17-29(20-33)36-8/h9-11,16-17,20-21,24-28,30-32,34-35,39H,12-15,18-19H2,1-8H3/b10-9+,22-11+,23-16+,29-17-/t24?,25-,26?,27?,28?,30?,31?,32?/m0/s1. The van der Waals surface area contributed by atoms with Gasteiger partial charge in [-0.25, -0.2) is 0 Å². The van der Waals surface area contributed by atoms with Gasteiger partial charge in [0.15, 0.2) is 12.0 Å². The van der Waals surface area contributed by atoms with Crippen LogP contribution < -0.4 is 0 Å². The molecule has 39 heavy (non-hydrogen) atoms. The predicted octanol–water partition coefficient (Wildman–Crippen LogP) is 6.79. The molecule has 6 nitrogen and oxygen atoms in total. The van der Waals surface area contributed by atoms with Crippen molar-refractivity contribution in [1.29, 1.82) is 0 Å². The zero-order valence-corrected chi connectivity index (χ0v) is 26.3. The second-order valence-corrected chi connectivity index (χ2v) is 12.1. The normalized spacial score (nSPS) is 25.4. The fourth-order valence-corrected chi connectivity index (χ4v) is 5.54. The quantitative estimate of drug-likeness (QED) is 0.0449. The minimum atomic E-state index is -0.504. The van der Waals surface area contributed by atoms with Crippen LogP contribution in [0.3, 0.4) is 0 Å². The van der Waals surface area contributed by atoms with E-state index in [4.69, 9.17) is 13.7 Å². The summed E-state index contributed by atoms with van der Waals surface area (Å²) in [5.74, 6) is 1.01. The Labute approximate surface area is 243 Å². The van der Waals surface area contributed by atoms with Crippen molar-refractivity contribution in [3.8, 4) is 0 Å². The summed E-state index contributed by atoms with van der Waals surface area (Å²) in [5, 5.41) is 21.0. The summed E-state index contributed by atoms with van der Waals surface area (Å²) in [6.45, 7) is 14.5. The molecule has 0 bridgehead atoms. The molecule has 0 amide bonds. The summed E-state index contributed by atoms with van der Waals surface area (Å²) in [6.07, 6.45) is 14.9. The molecule has 0 radical (unpaired) electrons. The number of aliphatic hydroxyl groups excluding tert-OH is 2. The highest BCUT2D eigenvalue weighted by Gasteiger charge is 2.30. The fourth-order valence-electron chi connectivity index (χ4n) is 5.24. The van der Waals surface area contributed by atoms with Gasteiger partial charge in [-0.2, -0.15) is 0 Å². The van der Waals surface area contributed by atoms with Gasteiger partial charge in [0.2, 0.25) is 0 Å². The Balaban J connectivity index is 2.55. The summed E-state index contributed by atoms with van der Waals surface area (Å²) >= 11 is 4.13. The van der Waals surface area contributed by atoms with Crippen LogP contribution in [-0.2, 0) is 18.5 Å². The highest BCUT2D eigenvalue weighted by molar-refractivity contribution is 7.75. The van der Waals surface area contributed by atoms with E-state index < -0.39 is 6.10 Å². The molecule has 0 aromatic carbocycles. The number of carbonyl (C=O) groups excluding carboxylic acids is 1. The van der Waals surface area contributed by atoms with Crippen molar-refractivity contribution < 1.29 is 28.7 Å². The highest BCUT2D eigenvalue weighted by Crippen LogP contribution is 2.29. The Morgan fingerprint density at radius 3 is 2.41 bits per heavy atom. The number of allylic oxidation sites excluding steroid dienone is 6. The summed E-state index contributed by atoms with van der Waals surface area (Å²) in [7, 11) is 1.46.